The van der Waals surface area contributed by atoms with Crippen LogP contribution in [-0.4, -0.2) is 67.7 Å². The summed E-state index contributed by atoms with van der Waals surface area (Å²) in [7, 11) is -3.14. The maximum absolute atomic E-state index is 12.5. The largest absolute Gasteiger partial charge is 0.338 e. The van der Waals surface area contributed by atoms with Gasteiger partial charge in [0.15, 0.2) is 0 Å². The van der Waals surface area contributed by atoms with Gasteiger partial charge in [0.1, 0.15) is 0 Å². The van der Waals surface area contributed by atoms with Crippen LogP contribution in [0.15, 0.2) is 18.5 Å². The molecule has 3 heterocycles. The molecule has 0 spiro atoms. The van der Waals surface area contributed by atoms with Crippen LogP contribution in [0.4, 0.5) is 5.95 Å². The van der Waals surface area contributed by atoms with Crippen molar-refractivity contribution in [3.8, 4) is 0 Å². The summed E-state index contributed by atoms with van der Waals surface area (Å²) < 4.78 is 26.7. The number of piperazine rings is 1. The number of aromatic nitrogens is 2. The predicted octanol–water partition coefficient (Wildman–Crippen LogP) is 1.10. The van der Waals surface area contributed by atoms with Crippen molar-refractivity contribution in [2.45, 2.75) is 32.1 Å². The van der Waals surface area contributed by atoms with Crippen LogP contribution in [0.1, 0.15) is 32.1 Å². The smallest absolute Gasteiger partial charge is 0.225 e. The van der Waals surface area contributed by atoms with Crippen LogP contribution in [0, 0.1) is 5.92 Å². The van der Waals surface area contributed by atoms with Crippen LogP contribution in [-0.2, 0) is 10.0 Å². The van der Waals surface area contributed by atoms with Crippen LogP contribution in [0.5, 0.6) is 0 Å². The van der Waals surface area contributed by atoms with Gasteiger partial charge >= 0.3 is 0 Å². The van der Waals surface area contributed by atoms with Gasteiger partial charge < -0.3 is 10.2 Å². The molecule has 2 fully saturated rings. The molecular formula is C17H29N5O2S. The first-order chi connectivity index (χ1) is 12.1. The SMILES string of the molecule is O=S(=O)(CCCCC1CCNCC1)N1CCN(c2ncccn2)CC1. The number of piperidine rings is 1. The van der Waals surface area contributed by atoms with Crippen molar-refractivity contribution in [3.63, 3.8) is 0 Å². The summed E-state index contributed by atoms with van der Waals surface area (Å²) in [5.41, 5.74) is 0. The lowest BCUT2D eigenvalue weighted by Crippen LogP contribution is -2.49. The van der Waals surface area contributed by atoms with Gasteiger partial charge in [0.25, 0.3) is 0 Å². The van der Waals surface area contributed by atoms with Crippen LogP contribution in [0.3, 0.4) is 0 Å². The Bertz CT molecular complexity index is 611. The minimum atomic E-state index is -3.14. The Morgan fingerprint density at radius 3 is 2.40 bits per heavy atom. The van der Waals surface area contributed by atoms with Crippen LogP contribution >= 0.6 is 0 Å². The van der Waals surface area contributed by atoms with Gasteiger partial charge in [-0.25, -0.2) is 18.4 Å². The Kier molecular flexibility index (Phi) is 6.61. The second-order valence-corrected chi connectivity index (χ2v) is 9.03. The minimum absolute atomic E-state index is 0.278. The molecule has 1 aromatic heterocycles. The molecular weight excluding hydrogens is 338 g/mol. The van der Waals surface area contributed by atoms with E-state index in [0.717, 1.165) is 38.3 Å². The number of rotatable bonds is 7. The zero-order valence-electron chi connectivity index (χ0n) is 14.8. The van der Waals surface area contributed by atoms with E-state index < -0.39 is 10.0 Å². The van der Waals surface area contributed by atoms with Crippen LogP contribution in [0.2, 0.25) is 0 Å². The topological polar surface area (TPSA) is 78.4 Å². The quantitative estimate of drug-likeness (QED) is 0.727. The lowest BCUT2D eigenvalue weighted by atomic mass is 9.93. The highest BCUT2D eigenvalue weighted by Crippen LogP contribution is 2.20. The zero-order chi connectivity index (χ0) is 17.5. The van der Waals surface area contributed by atoms with Gasteiger partial charge in [0.2, 0.25) is 16.0 Å². The fourth-order valence-electron chi connectivity index (χ4n) is 3.64. The Balaban J connectivity index is 1.39. The first-order valence-corrected chi connectivity index (χ1v) is 11.0. The van der Waals surface area contributed by atoms with Gasteiger partial charge in [-0.05, 0) is 44.3 Å². The van der Waals surface area contributed by atoms with Gasteiger partial charge in [-0.15, -0.1) is 0 Å². The molecule has 0 atom stereocenters. The number of nitrogens with one attached hydrogen (secondary N) is 1. The normalized spacial score (nSPS) is 20.7. The molecule has 0 amide bonds. The summed E-state index contributed by atoms with van der Waals surface area (Å²) in [5.74, 6) is 1.74. The lowest BCUT2D eigenvalue weighted by Gasteiger charge is -2.34. The molecule has 0 radical (unpaired) electrons. The highest BCUT2D eigenvalue weighted by Gasteiger charge is 2.27. The van der Waals surface area contributed by atoms with Crippen LogP contribution < -0.4 is 10.2 Å². The van der Waals surface area contributed by atoms with E-state index in [0.29, 0.717) is 32.1 Å². The van der Waals surface area contributed by atoms with E-state index >= 15 is 0 Å². The fraction of sp³-hybridized carbons (Fsp3) is 0.765. The number of sulfonamides is 1. The molecule has 3 rings (SSSR count). The van der Waals surface area contributed by atoms with Gasteiger partial charge in [-0.3, -0.25) is 0 Å². The van der Waals surface area contributed by atoms with E-state index in [-0.39, 0.29) is 5.75 Å². The molecule has 0 unspecified atom stereocenters. The van der Waals surface area contributed by atoms with Crippen molar-refractivity contribution < 1.29 is 8.42 Å². The number of hydrogen-bond donors (Lipinski definition) is 1. The molecule has 0 bridgehead atoms. The summed E-state index contributed by atoms with van der Waals surface area (Å²) in [5, 5.41) is 3.37. The van der Waals surface area contributed by atoms with E-state index in [9.17, 15) is 8.42 Å². The van der Waals surface area contributed by atoms with Crippen molar-refractivity contribution in [3.05, 3.63) is 18.5 Å². The van der Waals surface area contributed by atoms with Gasteiger partial charge in [0.05, 0.1) is 5.75 Å². The fourth-order valence-corrected chi connectivity index (χ4v) is 5.18. The molecule has 7 nitrogen and oxygen atoms in total. The Labute approximate surface area is 150 Å². The minimum Gasteiger partial charge on any atom is -0.338 e. The van der Waals surface area contributed by atoms with Gasteiger partial charge in [-0.1, -0.05) is 12.8 Å². The third-order valence-electron chi connectivity index (χ3n) is 5.19. The number of anilines is 1. The van der Waals surface area contributed by atoms with E-state index in [4.69, 9.17) is 0 Å². The molecule has 0 saturated carbocycles. The number of hydrogen-bond acceptors (Lipinski definition) is 6. The van der Waals surface area contributed by atoms with E-state index in [2.05, 4.69) is 15.3 Å². The number of unbranched alkanes of at least 4 members (excludes halogenated alkanes) is 1. The van der Waals surface area contributed by atoms with Crippen LogP contribution in [0.25, 0.3) is 0 Å². The van der Waals surface area contributed by atoms with Gasteiger partial charge in [-0.2, -0.15) is 4.31 Å². The predicted molar refractivity (Wildman–Crippen MR) is 99.0 cm³/mol. The monoisotopic (exact) mass is 367 g/mol. The maximum atomic E-state index is 12.5. The Morgan fingerprint density at radius 1 is 1.04 bits per heavy atom. The average Bonchev–Trinajstić information content (AvgIpc) is 2.67. The molecule has 2 aliphatic heterocycles. The van der Waals surface area contributed by atoms with Crippen molar-refractivity contribution in [1.82, 2.24) is 19.6 Å². The van der Waals surface area contributed by atoms with Crippen molar-refractivity contribution >= 4 is 16.0 Å². The standard InChI is InChI=1S/C17H29N5O2S/c23-25(24,15-2-1-4-16-5-9-18-10-6-16)22-13-11-21(12-14-22)17-19-7-3-8-20-17/h3,7-8,16,18H,1-2,4-6,9-15H2. The molecule has 2 saturated heterocycles. The van der Waals surface area contributed by atoms with Crippen molar-refractivity contribution in [2.24, 2.45) is 5.92 Å². The molecule has 25 heavy (non-hydrogen) atoms. The van der Waals surface area contributed by atoms with Crippen molar-refractivity contribution in [2.75, 3.05) is 49.9 Å². The van der Waals surface area contributed by atoms with E-state index in [1.54, 1.807) is 22.8 Å². The first kappa shape index (κ1) is 18.5. The highest BCUT2D eigenvalue weighted by atomic mass is 32.2. The summed E-state index contributed by atoms with van der Waals surface area (Å²) in [4.78, 5) is 10.5. The third kappa shape index (κ3) is 5.36. The maximum Gasteiger partial charge on any atom is 0.225 e. The molecule has 0 aliphatic carbocycles. The summed E-state index contributed by atoms with van der Waals surface area (Å²) in [6.07, 6.45) is 8.85. The van der Waals surface area contributed by atoms with Gasteiger partial charge in [0, 0.05) is 38.6 Å². The molecule has 1 N–H and O–H groups in total. The average molecular weight is 368 g/mol. The summed E-state index contributed by atoms with van der Waals surface area (Å²) >= 11 is 0. The first-order valence-electron chi connectivity index (χ1n) is 9.36. The summed E-state index contributed by atoms with van der Waals surface area (Å²) in [6.45, 7) is 4.57. The lowest BCUT2D eigenvalue weighted by molar-refractivity contribution is 0.344. The van der Waals surface area contributed by atoms with E-state index in [1.807, 2.05) is 4.90 Å². The second kappa shape index (κ2) is 8.91. The molecule has 140 valence electrons. The van der Waals surface area contributed by atoms with Crippen molar-refractivity contribution in [1.29, 1.82) is 0 Å². The Morgan fingerprint density at radius 2 is 1.72 bits per heavy atom. The molecule has 2 aliphatic rings. The number of nitrogens with zero attached hydrogens (tertiary/aromatic N) is 4. The molecule has 0 aromatic carbocycles. The third-order valence-corrected chi connectivity index (χ3v) is 7.15. The molecule has 8 heteroatoms. The highest BCUT2D eigenvalue weighted by molar-refractivity contribution is 7.89. The molecule has 1 aromatic rings. The summed E-state index contributed by atoms with van der Waals surface area (Å²) in [6, 6.07) is 1.79. The Hall–Kier alpha value is -1.25. The second-order valence-electron chi connectivity index (χ2n) is 6.94. The van der Waals surface area contributed by atoms with E-state index in [1.165, 1.54) is 12.8 Å². The zero-order valence-corrected chi connectivity index (χ0v) is 15.6.